The fourth-order valence-corrected chi connectivity index (χ4v) is 4.36. The van der Waals surface area contributed by atoms with Gasteiger partial charge in [-0.15, -0.1) is 0 Å². The first-order valence-corrected chi connectivity index (χ1v) is 11.1. The number of anilines is 2. The lowest BCUT2D eigenvalue weighted by molar-refractivity contribution is 0.112. The van der Waals surface area contributed by atoms with Crippen molar-refractivity contribution in [1.82, 2.24) is 14.5 Å². The zero-order valence-corrected chi connectivity index (χ0v) is 18.9. The molecule has 4 rings (SSSR count). The summed E-state index contributed by atoms with van der Waals surface area (Å²) in [4.78, 5) is 20.5. The molecular weight excluding hydrogens is 418 g/mol. The van der Waals surface area contributed by atoms with Gasteiger partial charge in [0.25, 0.3) is 0 Å². The molecule has 0 amide bonds. The summed E-state index contributed by atoms with van der Waals surface area (Å²) in [5.74, 6) is 1.51. The van der Waals surface area contributed by atoms with Crippen molar-refractivity contribution in [1.29, 1.82) is 0 Å². The molecule has 2 aromatic carbocycles. The van der Waals surface area contributed by atoms with E-state index in [2.05, 4.69) is 26.8 Å². The van der Waals surface area contributed by atoms with E-state index in [-0.39, 0.29) is 18.6 Å². The van der Waals surface area contributed by atoms with E-state index < -0.39 is 0 Å². The van der Waals surface area contributed by atoms with Crippen molar-refractivity contribution in [2.45, 2.75) is 38.8 Å². The van der Waals surface area contributed by atoms with Crippen LogP contribution in [0.15, 0.2) is 42.5 Å². The average Bonchev–Trinajstić information content (AvgIpc) is 3.13. The summed E-state index contributed by atoms with van der Waals surface area (Å²) in [6.07, 6.45) is 3.30. The Morgan fingerprint density at radius 2 is 2.03 bits per heavy atom. The number of nitrogen functional groups attached to an aromatic ring is 1. The summed E-state index contributed by atoms with van der Waals surface area (Å²) in [6.45, 7) is 2.65. The smallest absolute Gasteiger partial charge is 0.222 e. The van der Waals surface area contributed by atoms with Gasteiger partial charge < -0.3 is 25.5 Å². The molecule has 0 fully saturated rings. The molecule has 0 aliphatic heterocycles. The highest BCUT2D eigenvalue weighted by Crippen LogP contribution is 2.34. The van der Waals surface area contributed by atoms with Gasteiger partial charge in [0.2, 0.25) is 5.95 Å². The number of aldehydes is 1. The number of nitrogens with zero attached hydrogens (tertiary/aromatic N) is 3. The molecule has 172 valence electrons. The second-order valence-electron chi connectivity index (χ2n) is 8.06. The number of ether oxygens (including phenoxy) is 1. The van der Waals surface area contributed by atoms with Crippen LogP contribution in [0.1, 0.15) is 42.1 Å². The van der Waals surface area contributed by atoms with Crippen LogP contribution in [0.25, 0.3) is 21.9 Å². The molecule has 8 nitrogen and oxygen atoms in total. The Bertz CT molecular complexity index is 1280. The van der Waals surface area contributed by atoms with Crippen molar-refractivity contribution < 1.29 is 14.6 Å². The Morgan fingerprint density at radius 3 is 2.76 bits per heavy atom. The molecule has 0 unspecified atom stereocenters. The number of nitrogens with one attached hydrogen (secondary N) is 1. The van der Waals surface area contributed by atoms with Crippen LogP contribution in [0.4, 0.5) is 11.8 Å². The predicted molar refractivity (Wildman–Crippen MR) is 131 cm³/mol. The number of hydrogen-bond acceptors (Lipinski definition) is 7. The van der Waals surface area contributed by atoms with E-state index in [9.17, 15) is 9.90 Å². The highest BCUT2D eigenvalue weighted by atomic mass is 16.5. The lowest BCUT2D eigenvalue weighted by Crippen LogP contribution is -2.22. The SMILES string of the molecule is CCC[C@@H](CCO)Nc1nc(N)nc2c3ccccc3n(Cc3cc(C=O)ccc3OC)c12. The Labute approximate surface area is 192 Å². The second-order valence-corrected chi connectivity index (χ2v) is 8.06. The molecule has 2 aromatic heterocycles. The minimum atomic E-state index is 0.0527. The van der Waals surface area contributed by atoms with Gasteiger partial charge in [0.1, 0.15) is 23.1 Å². The molecule has 0 aliphatic carbocycles. The van der Waals surface area contributed by atoms with Gasteiger partial charge in [-0.2, -0.15) is 4.98 Å². The summed E-state index contributed by atoms with van der Waals surface area (Å²) in [5.41, 5.74) is 10.1. The van der Waals surface area contributed by atoms with Crippen LogP contribution >= 0.6 is 0 Å². The predicted octanol–water partition coefficient (Wildman–Crippen LogP) is 4.00. The number of fused-ring (bicyclic) bond motifs is 3. The van der Waals surface area contributed by atoms with Crippen molar-refractivity contribution in [3.63, 3.8) is 0 Å². The molecule has 0 bridgehead atoms. The third kappa shape index (κ3) is 4.47. The van der Waals surface area contributed by atoms with Crippen molar-refractivity contribution >= 4 is 40.0 Å². The van der Waals surface area contributed by atoms with Crippen molar-refractivity contribution in [3.05, 3.63) is 53.6 Å². The first-order chi connectivity index (χ1) is 16.1. The minimum absolute atomic E-state index is 0.0527. The lowest BCUT2D eigenvalue weighted by Gasteiger charge is -2.20. The molecule has 0 spiro atoms. The van der Waals surface area contributed by atoms with Crippen LogP contribution < -0.4 is 15.8 Å². The van der Waals surface area contributed by atoms with E-state index in [1.807, 2.05) is 30.3 Å². The first kappa shape index (κ1) is 22.5. The molecule has 2 heterocycles. The first-order valence-electron chi connectivity index (χ1n) is 11.1. The Kier molecular flexibility index (Phi) is 6.74. The summed E-state index contributed by atoms with van der Waals surface area (Å²) in [7, 11) is 1.62. The Balaban J connectivity index is 1.94. The highest BCUT2D eigenvalue weighted by molar-refractivity contribution is 6.09. The summed E-state index contributed by atoms with van der Waals surface area (Å²) < 4.78 is 7.70. The summed E-state index contributed by atoms with van der Waals surface area (Å²) >= 11 is 0. The van der Waals surface area contributed by atoms with Gasteiger partial charge in [0.05, 0.1) is 19.2 Å². The van der Waals surface area contributed by atoms with Crippen LogP contribution in [0.2, 0.25) is 0 Å². The fourth-order valence-electron chi connectivity index (χ4n) is 4.36. The number of methoxy groups -OCH3 is 1. The molecular formula is C25H29N5O3. The number of hydrogen-bond donors (Lipinski definition) is 3. The largest absolute Gasteiger partial charge is 0.496 e. The topological polar surface area (TPSA) is 115 Å². The number of aromatic nitrogens is 3. The van der Waals surface area contributed by atoms with E-state index in [1.54, 1.807) is 19.2 Å². The maximum atomic E-state index is 11.4. The molecule has 0 radical (unpaired) electrons. The monoisotopic (exact) mass is 447 g/mol. The van der Waals surface area contributed by atoms with Gasteiger partial charge in [-0.3, -0.25) is 4.79 Å². The number of benzene rings is 2. The maximum Gasteiger partial charge on any atom is 0.222 e. The highest BCUT2D eigenvalue weighted by Gasteiger charge is 2.20. The van der Waals surface area contributed by atoms with Crippen molar-refractivity contribution in [2.75, 3.05) is 24.8 Å². The van der Waals surface area contributed by atoms with E-state index in [1.165, 1.54) is 0 Å². The third-order valence-electron chi connectivity index (χ3n) is 5.85. The van der Waals surface area contributed by atoms with Gasteiger partial charge in [-0.25, -0.2) is 4.98 Å². The standard InChI is InChI=1S/C25H29N5O3/c1-3-6-18(11-12-31)27-24-23-22(28-25(26)29-24)19-7-4-5-8-20(19)30(23)14-17-13-16(15-32)9-10-21(17)33-2/h4-5,7-10,13,15,18,31H,3,6,11-12,14H2,1-2H3,(H3,26,27,28,29)/t18-/m0/s1. The van der Waals surface area contributed by atoms with Crippen LogP contribution in [-0.2, 0) is 6.54 Å². The Morgan fingerprint density at radius 1 is 1.21 bits per heavy atom. The van der Waals surface area contributed by atoms with Gasteiger partial charge in [-0.1, -0.05) is 31.5 Å². The summed E-state index contributed by atoms with van der Waals surface area (Å²) in [5, 5.41) is 14.0. The average molecular weight is 448 g/mol. The van der Waals surface area contributed by atoms with Gasteiger partial charge in [-0.05, 0) is 37.1 Å². The molecule has 33 heavy (non-hydrogen) atoms. The minimum Gasteiger partial charge on any atom is -0.496 e. The van der Waals surface area contributed by atoms with Crippen LogP contribution in [-0.4, -0.2) is 45.7 Å². The molecule has 4 aromatic rings. The Hall–Kier alpha value is -3.65. The molecule has 8 heteroatoms. The molecule has 4 N–H and O–H groups in total. The number of nitrogens with two attached hydrogens (primary N) is 1. The zero-order chi connectivity index (χ0) is 23.4. The van der Waals surface area contributed by atoms with E-state index in [0.717, 1.165) is 46.6 Å². The third-order valence-corrected chi connectivity index (χ3v) is 5.85. The van der Waals surface area contributed by atoms with Crippen LogP contribution in [0, 0.1) is 0 Å². The molecule has 1 atom stereocenters. The number of rotatable bonds is 10. The molecule has 0 aliphatic rings. The zero-order valence-electron chi connectivity index (χ0n) is 18.9. The number of para-hydroxylation sites is 1. The fraction of sp³-hybridized carbons (Fsp3) is 0.320. The van der Waals surface area contributed by atoms with Gasteiger partial charge >= 0.3 is 0 Å². The van der Waals surface area contributed by atoms with E-state index in [4.69, 9.17) is 10.5 Å². The number of aliphatic hydroxyl groups is 1. The lowest BCUT2D eigenvalue weighted by atomic mass is 10.1. The van der Waals surface area contributed by atoms with Crippen LogP contribution in [0.3, 0.4) is 0 Å². The second kappa shape index (κ2) is 9.87. The maximum absolute atomic E-state index is 11.4. The number of carbonyl (C=O) groups excluding carboxylic acids is 1. The van der Waals surface area contributed by atoms with Gasteiger partial charge in [0.15, 0.2) is 5.82 Å². The number of carbonyl (C=O) groups is 1. The van der Waals surface area contributed by atoms with E-state index in [0.29, 0.717) is 30.1 Å². The molecule has 0 saturated heterocycles. The summed E-state index contributed by atoms with van der Waals surface area (Å²) in [6, 6.07) is 13.4. The van der Waals surface area contributed by atoms with E-state index >= 15 is 0 Å². The van der Waals surface area contributed by atoms with Crippen LogP contribution in [0.5, 0.6) is 5.75 Å². The normalized spacial score (nSPS) is 12.2. The number of aliphatic hydroxyl groups excluding tert-OH is 1. The quantitative estimate of drug-likeness (QED) is 0.315. The van der Waals surface area contributed by atoms with Crippen molar-refractivity contribution in [2.24, 2.45) is 0 Å². The van der Waals surface area contributed by atoms with Gasteiger partial charge in [0, 0.05) is 29.2 Å². The molecule has 0 saturated carbocycles. The van der Waals surface area contributed by atoms with Crippen molar-refractivity contribution in [3.8, 4) is 5.75 Å².